The van der Waals surface area contributed by atoms with Crippen molar-refractivity contribution in [3.63, 3.8) is 0 Å². The lowest BCUT2D eigenvalue weighted by atomic mass is 10.1. The summed E-state index contributed by atoms with van der Waals surface area (Å²) in [5.74, 6) is -0.103. The Hall–Kier alpha value is -1.27. The molecule has 1 atom stereocenters. The fraction of sp³-hybridized carbons (Fsp3) is 0.533. The molecule has 1 aliphatic heterocycles. The van der Waals surface area contributed by atoms with Crippen molar-refractivity contribution in [1.82, 2.24) is 5.32 Å². The van der Waals surface area contributed by atoms with Crippen LogP contribution >= 0.6 is 11.6 Å². The maximum absolute atomic E-state index is 12.2. The Kier molecular flexibility index (Phi) is 5.34. The molecule has 0 bridgehead atoms. The summed E-state index contributed by atoms with van der Waals surface area (Å²) in [5.41, 5.74) is 0.804. The zero-order valence-electron chi connectivity index (χ0n) is 12.8. The lowest BCUT2D eigenvalue weighted by Gasteiger charge is -2.29. The molecule has 1 amide bonds. The highest BCUT2D eigenvalue weighted by Gasteiger charge is 2.28. The number of hydrogen-bond acceptors (Lipinski definition) is 3. The van der Waals surface area contributed by atoms with Gasteiger partial charge in [-0.2, -0.15) is 0 Å². The van der Waals surface area contributed by atoms with Gasteiger partial charge in [0.2, 0.25) is 10.0 Å². The maximum Gasteiger partial charge on any atom is 0.251 e. The first kappa shape index (κ1) is 17.1. The number of nitrogens with zero attached hydrogens (tertiary/aromatic N) is 1. The van der Waals surface area contributed by atoms with E-state index in [0.717, 1.165) is 12.8 Å². The van der Waals surface area contributed by atoms with Gasteiger partial charge in [0, 0.05) is 18.2 Å². The van der Waals surface area contributed by atoms with Crippen LogP contribution in [0.5, 0.6) is 0 Å². The van der Waals surface area contributed by atoms with Gasteiger partial charge < -0.3 is 5.32 Å². The molecule has 0 aliphatic carbocycles. The van der Waals surface area contributed by atoms with Crippen molar-refractivity contribution in [2.45, 2.75) is 39.2 Å². The predicted molar refractivity (Wildman–Crippen MR) is 89.0 cm³/mol. The predicted octanol–water partition coefficient (Wildman–Crippen LogP) is 2.80. The minimum absolute atomic E-state index is 0.0605. The van der Waals surface area contributed by atoms with Crippen LogP contribution in [0.2, 0.25) is 5.02 Å². The quantitative estimate of drug-likeness (QED) is 0.913. The number of nitrogens with one attached hydrogen (secondary N) is 1. The van der Waals surface area contributed by atoms with Gasteiger partial charge in [-0.15, -0.1) is 0 Å². The molecule has 0 unspecified atom stereocenters. The normalized spacial score (nSPS) is 18.8. The second-order valence-corrected chi connectivity index (χ2v) is 7.96. The van der Waals surface area contributed by atoms with Gasteiger partial charge >= 0.3 is 0 Å². The highest BCUT2D eigenvalue weighted by Crippen LogP contribution is 2.31. The summed E-state index contributed by atoms with van der Waals surface area (Å²) < 4.78 is 25.7. The van der Waals surface area contributed by atoms with Gasteiger partial charge in [0.15, 0.2) is 0 Å². The SMILES string of the molecule is CC[C@H](C)NC(=O)c1ccc(Cl)c(N2CCCCS2(=O)=O)c1. The highest BCUT2D eigenvalue weighted by atomic mass is 35.5. The van der Waals surface area contributed by atoms with Crippen LogP contribution in [0.15, 0.2) is 18.2 Å². The minimum atomic E-state index is -3.35. The van der Waals surface area contributed by atoms with Crippen molar-refractivity contribution in [3.8, 4) is 0 Å². The number of carbonyl (C=O) groups is 1. The average molecular weight is 345 g/mol. The number of rotatable bonds is 4. The van der Waals surface area contributed by atoms with E-state index in [1.807, 2.05) is 13.8 Å². The van der Waals surface area contributed by atoms with E-state index in [1.54, 1.807) is 18.2 Å². The van der Waals surface area contributed by atoms with Crippen LogP contribution < -0.4 is 9.62 Å². The van der Waals surface area contributed by atoms with Gasteiger partial charge in [0.25, 0.3) is 5.91 Å². The van der Waals surface area contributed by atoms with E-state index in [-0.39, 0.29) is 17.7 Å². The van der Waals surface area contributed by atoms with E-state index in [2.05, 4.69) is 5.32 Å². The summed E-state index contributed by atoms with van der Waals surface area (Å²) in [4.78, 5) is 12.2. The zero-order valence-corrected chi connectivity index (χ0v) is 14.4. The van der Waals surface area contributed by atoms with E-state index in [0.29, 0.717) is 29.2 Å². The number of halogens is 1. The molecule has 122 valence electrons. The average Bonchev–Trinajstić information content (AvgIpc) is 2.47. The Labute approximate surface area is 136 Å². The molecular formula is C15H21ClN2O3S. The lowest BCUT2D eigenvalue weighted by molar-refractivity contribution is 0.0939. The number of amides is 1. The van der Waals surface area contributed by atoms with Crippen molar-refractivity contribution in [3.05, 3.63) is 28.8 Å². The Morgan fingerprint density at radius 3 is 2.77 bits per heavy atom. The molecule has 7 heteroatoms. The molecule has 0 radical (unpaired) electrons. The first-order valence-corrected chi connectivity index (χ1v) is 9.44. The van der Waals surface area contributed by atoms with Crippen LogP contribution in [-0.4, -0.2) is 32.7 Å². The lowest BCUT2D eigenvalue weighted by Crippen LogP contribution is -2.38. The summed E-state index contributed by atoms with van der Waals surface area (Å²) in [6, 6.07) is 4.81. The second-order valence-electron chi connectivity index (χ2n) is 5.54. The molecule has 1 fully saturated rings. The maximum atomic E-state index is 12.2. The standard InChI is InChI=1S/C15H21ClN2O3S/c1-3-11(2)17-15(19)12-6-7-13(16)14(10-12)18-8-4-5-9-22(18,20)21/h6-7,10-11H,3-5,8-9H2,1-2H3,(H,17,19)/t11-/m0/s1. The largest absolute Gasteiger partial charge is 0.350 e. The number of benzene rings is 1. The number of carbonyl (C=O) groups excluding carboxylic acids is 1. The first-order valence-electron chi connectivity index (χ1n) is 7.46. The Balaban J connectivity index is 2.33. The number of hydrogen-bond donors (Lipinski definition) is 1. The van der Waals surface area contributed by atoms with Crippen LogP contribution in [0.3, 0.4) is 0 Å². The van der Waals surface area contributed by atoms with Gasteiger partial charge in [-0.25, -0.2) is 8.42 Å². The summed E-state index contributed by atoms with van der Waals surface area (Å²) in [6.45, 7) is 4.31. The smallest absolute Gasteiger partial charge is 0.251 e. The van der Waals surface area contributed by atoms with Crippen molar-refractivity contribution >= 4 is 33.2 Å². The van der Waals surface area contributed by atoms with E-state index >= 15 is 0 Å². The highest BCUT2D eigenvalue weighted by molar-refractivity contribution is 7.92. The Morgan fingerprint density at radius 2 is 2.14 bits per heavy atom. The molecule has 1 aromatic carbocycles. The molecule has 1 aliphatic rings. The third-order valence-electron chi connectivity index (χ3n) is 3.82. The van der Waals surface area contributed by atoms with Gasteiger partial charge in [-0.05, 0) is 44.4 Å². The fourth-order valence-corrected chi connectivity index (χ4v) is 4.23. The van der Waals surface area contributed by atoms with Crippen LogP contribution in [0.25, 0.3) is 0 Å². The second kappa shape index (κ2) is 6.87. The Bertz CT molecular complexity index is 661. The van der Waals surface area contributed by atoms with Crippen LogP contribution in [0, 0.1) is 0 Å². The summed E-state index contributed by atoms with van der Waals surface area (Å²) in [6.07, 6.45) is 2.27. The topological polar surface area (TPSA) is 66.5 Å². The molecule has 0 aromatic heterocycles. The van der Waals surface area contributed by atoms with Gasteiger partial charge in [0.1, 0.15) is 0 Å². The summed E-state index contributed by atoms with van der Waals surface area (Å²) >= 11 is 6.16. The van der Waals surface area contributed by atoms with Crippen molar-refractivity contribution < 1.29 is 13.2 Å². The monoisotopic (exact) mass is 344 g/mol. The molecule has 1 heterocycles. The van der Waals surface area contributed by atoms with Gasteiger partial charge in [-0.1, -0.05) is 18.5 Å². The van der Waals surface area contributed by atoms with Gasteiger partial charge in [0.05, 0.1) is 16.5 Å². The number of sulfonamides is 1. The molecule has 0 saturated carbocycles. The molecule has 5 nitrogen and oxygen atoms in total. The molecule has 2 rings (SSSR count). The molecule has 1 saturated heterocycles. The zero-order chi connectivity index (χ0) is 16.3. The minimum Gasteiger partial charge on any atom is -0.350 e. The molecule has 0 spiro atoms. The van der Waals surface area contributed by atoms with Crippen molar-refractivity contribution in [2.75, 3.05) is 16.6 Å². The molecule has 1 aromatic rings. The van der Waals surface area contributed by atoms with E-state index in [4.69, 9.17) is 11.6 Å². The molecular weight excluding hydrogens is 324 g/mol. The fourth-order valence-electron chi connectivity index (χ4n) is 2.31. The first-order chi connectivity index (χ1) is 10.3. The van der Waals surface area contributed by atoms with Gasteiger partial charge in [-0.3, -0.25) is 9.10 Å². The summed E-state index contributed by atoms with van der Waals surface area (Å²) in [5, 5.41) is 3.20. The number of anilines is 1. The van der Waals surface area contributed by atoms with E-state index < -0.39 is 10.0 Å². The molecule has 1 N–H and O–H groups in total. The summed E-state index contributed by atoms with van der Waals surface area (Å²) in [7, 11) is -3.35. The third kappa shape index (κ3) is 3.73. The Morgan fingerprint density at radius 1 is 1.41 bits per heavy atom. The van der Waals surface area contributed by atoms with Crippen LogP contribution in [0.1, 0.15) is 43.5 Å². The van der Waals surface area contributed by atoms with Crippen molar-refractivity contribution in [1.29, 1.82) is 0 Å². The van der Waals surface area contributed by atoms with E-state index in [9.17, 15) is 13.2 Å². The van der Waals surface area contributed by atoms with Crippen LogP contribution in [-0.2, 0) is 10.0 Å². The molecule has 22 heavy (non-hydrogen) atoms. The van der Waals surface area contributed by atoms with Crippen molar-refractivity contribution in [2.24, 2.45) is 0 Å². The van der Waals surface area contributed by atoms with E-state index in [1.165, 1.54) is 4.31 Å². The third-order valence-corrected chi connectivity index (χ3v) is 5.99. The van der Waals surface area contributed by atoms with Crippen LogP contribution in [0.4, 0.5) is 5.69 Å².